The number of aliphatic hydroxyl groups excluding tert-OH is 6. The highest BCUT2D eigenvalue weighted by Crippen LogP contribution is 2.45. The zero-order valence-electron chi connectivity index (χ0n) is 36.8. The first-order chi connectivity index (χ1) is 32.9. The van der Waals surface area contributed by atoms with Crippen molar-refractivity contribution in [3.63, 3.8) is 0 Å². The molecule has 0 aliphatic heterocycles. The first kappa shape index (κ1) is 55.8. The lowest BCUT2D eigenvalue weighted by molar-refractivity contribution is 0.111. The van der Waals surface area contributed by atoms with Crippen LogP contribution in [0.3, 0.4) is 0 Å². The van der Waals surface area contributed by atoms with Crippen molar-refractivity contribution in [1.82, 2.24) is 0 Å². The molecule has 0 spiro atoms. The van der Waals surface area contributed by atoms with Crippen molar-refractivity contribution in [2.45, 2.75) is 75.1 Å². The molecule has 0 heterocycles. The lowest BCUT2D eigenvalue weighted by Crippen LogP contribution is -2.36. The first-order valence-electron chi connectivity index (χ1n) is 21.4. The number of aliphatic hydroxyl groups is 6. The van der Waals surface area contributed by atoms with Crippen LogP contribution in [0.15, 0.2) is 136 Å². The molecule has 12 N–H and O–H groups in total. The molecule has 0 saturated heterocycles. The molecule has 12 atom stereocenters. The number of allylic oxidation sites excluding steroid dienone is 6. The predicted molar refractivity (Wildman–Crippen MR) is 251 cm³/mol. The SMILES string of the molecule is O=S(=O)(O)C1=CC2CC3=CC(S(=O)(=O)O)=CC(CC4=CC(S(=O)(=O)O)=CC(CC5=CC(S(=O)(=O)O)=CC(CC6=CC(S(=O)(=O)O)=CC(CC7=CC(S(=O)(=O)O)=CC(CC(=C1)C2O)C7O)C6O)C5O)C4O)C3O. The van der Waals surface area contributed by atoms with Gasteiger partial charge in [-0.1, -0.05) is 36.5 Å². The molecule has 0 aromatic carbocycles. The van der Waals surface area contributed by atoms with Gasteiger partial charge in [0.25, 0.3) is 60.7 Å². The van der Waals surface area contributed by atoms with Gasteiger partial charge < -0.3 is 30.6 Å². The van der Waals surface area contributed by atoms with E-state index in [1.54, 1.807) is 0 Å². The van der Waals surface area contributed by atoms with Gasteiger partial charge in [0, 0.05) is 35.5 Å². The zero-order chi connectivity index (χ0) is 53.6. The lowest BCUT2D eigenvalue weighted by atomic mass is 9.73. The third kappa shape index (κ3) is 12.1. The van der Waals surface area contributed by atoms with E-state index in [4.69, 9.17) is 0 Å². The highest BCUT2D eigenvalue weighted by molar-refractivity contribution is 7.91. The molecule has 7 aliphatic rings. The Hall–Kier alpha value is -3.90. The van der Waals surface area contributed by atoms with E-state index in [9.17, 15) is 108 Å². The molecule has 72 heavy (non-hydrogen) atoms. The average molecular weight is 1130 g/mol. The number of hydrogen-bond acceptors (Lipinski definition) is 18. The number of rotatable bonds is 6. The third-order valence-electron chi connectivity index (χ3n) is 13.6. The van der Waals surface area contributed by atoms with Crippen molar-refractivity contribution in [1.29, 1.82) is 0 Å². The van der Waals surface area contributed by atoms with Crippen LogP contribution in [0.4, 0.5) is 0 Å². The summed E-state index contributed by atoms with van der Waals surface area (Å²) in [7, 11) is -31.2. The van der Waals surface area contributed by atoms with Crippen molar-refractivity contribution in [2.24, 2.45) is 35.5 Å². The van der Waals surface area contributed by atoms with Gasteiger partial charge in [0.15, 0.2) is 0 Å². The van der Waals surface area contributed by atoms with Gasteiger partial charge in [-0.3, -0.25) is 27.3 Å². The van der Waals surface area contributed by atoms with E-state index in [1.807, 2.05) is 0 Å². The fourth-order valence-electron chi connectivity index (χ4n) is 10.1. The molecule has 12 unspecified atom stereocenters. The first-order valence-corrected chi connectivity index (χ1v) is 30.0. The minimum atomic E-state index is -5.20. The van der Waals surface area contributed by atoms with E-state index < -0.39 is 201 Å². The van der Waals surface area contributed by atoms with Crippen LogP contribution < -0.4 is 0 Å². The highest BCUT2D eigenvalue weighted by Gasteiger charge is 2.42. The van der Waals surface area contributed by atoms with Crippen LogP contribution in [-0.2, 0) is 60.7 Å². The minimum Gasteiger partial charge on any atom is -0.388 e. The van der Waals surface area contributed by atoms with Gasteiger partial charge in [-0.25, -0.2) is 0 Å². The van der Waals surface area contributed by atoms with Gasteiger partial charge in [-0.05, 0) is 108 Å². The molecular formula is C42H48O24S6. The van der Waals surface area contributed by atoms with E-state index in [2.05, 4.69) is 0 Å². The Morgan fingerprint density at radius 1 is 0.250 bits per heavy atom. The quantitative estimate of drug-likeness (QED) is 0.161. The monoisotopic (exact) mass is 1130 g/mol. The maximum Gasteiger partial charge on any atom is 0.294 e. The molecule has 30 heteroatoms. The van der Waals surface area contributed by atoms with Crippen molar-refractivity contribution < 1.29 is 108 Å². The topological polar surface area (TPSA) is 448 Å². The smallest absolute Gasteiger partial charge is 0.294 e. The van der Waals surface area contributed by atoms with Crippen LogP contribution in [-0.4, -0.2) is 145 Å². The van der Waals surface area contributed by atoms with E-state index in [-0.39, 0.29) is 33.4 Å². The second-order valence-corrected chi connectivity index (χ2v) is 27.0. The average Bonchev–Trinajstić information content (AvgIpc) is 3.23. The van der Waals surface area contributed by atoms with E-state index >= 15 is 0 Å². The fraction of sp³-hybridized carbons (Fsp3) is 0.429. The highest BCUT2D eigenvalue weighted by atomic mass is 32.2. The molecule has 0 amide bonds. The molecule has 7 aliphatic carbocycles. The van der Waals surface area contributed by atoms with Crippen molar-refractivity contribution in [3.8, 4) is 0 Å². The Morgan fingerprint density at radius 2 is 0.361 bits per heavy atom. The maximum absolute atomic E-state index is 12.7. The summed E-state index contributed by atoms with van der Waals surface area (Å²) < 4.78 is 213. The van der Waals surface area contributed by atoms with Gasteiger partial charge in [0.1, 0.15) is 0 Å². The Bertz CT molecular complexity index is 2850. The van der Waals surface area contributed by atoms with Crippen LogP contribution >= 0.6 is 0 Å². The molecule has 396 valence electrons. The van der Waals surface area contributed by atoms with Crippen LogP contribution in [0, 0.1) is 35.5 Å². The summed E-state index contributed by atoms with van der Waals surface area (Å²) >= 11 is 0. The third-order valence-corrected chi connectivity index (χ3v) is 18.7. The minimum absolute atomic E-state index is 0.354. The normalized spacial score (nSPS) is 33.5. The molecule has 0 aromatic rings. The summed E-state index contributed by atoms with van der Waals surface area (Å²) in [6.07, 6.45) is -5.99. The summed E-state index contributed by atoms with van der Waals surface area (Å²) in [5, 5.41) is 71.0. The molecule has 1 saturated carbocycles. The van der Waals surface area contributed by atoms with Gasteiger partial charge in [0.05, 0.1) is 66.1 Å². The second-order valence-electron chi connectivity index (χ2n) is 18.5. The molecule has 0 radical (unpaired) electrons. The van der Waals surface area contributed by atoms with Crippen molar-refractivity contribution >= 4 is 60.7 Å². The van der Waals surface area contributed by atoms with Crippen molar-refractivity contribution in [3.05, 3.63) is 136 Å². The van der Waals surface area contributed by atoms with E-state index in [0.717, 1.165) is 72.9 Å². The number of hydrogen-bond donors (Lipinski definition) is 12. The molecule has 1 fully saturated rings. The van der Waals surface area contributed by atoms with Gasteiger partial charge in [0.2, 0.25) is 0 Å². The number of fused-ring (bicyclic) bond motifs is 12. The largest absolute Gasteiger partial charge is 0.388 e. The molecule has 24 nitrogen and oxygen atoms in total. The molecule has 12 bridgehead atoms. The fourth-order valence-corrected chi connectivity index (χ4v) is 13.9. The summed E-state index contributed by atoms with van der Waals surface area (Å²) in [6.45, 7) is 0. The predicted octanol–water partition coefficient (Wildman–Crippen LogP) is 0.473. The Balaban J connectivity index is 1.42. The maximum atomic E-state index is 12.7. The van der Waals surface area contributed by atoms with E-state index in [0.29, 0.717) is 0 Å². The standard InChI is InChI=1S/C42H48O24S6/c43-37-19-1-20-8-32(68(52,53)54)10-22(38(20)44)3-24-12-34(70(58,59)60)14-26(40(24)46)5-28-16-36(72(64,65)66)18-30(42(28)48)6-29-17-35(71(61,62)63)15-27(41(29)47)4-25-13-33(69(55,56)57)11-23(39(25)45)2-21(37)9-31(7-19)67(49,50)51/h7-19,22-23,26-27,30,37-48H,1-6H2,(H,49,50,51)(H,52,53,54)(H,55,56,57)(H,58,59,60)(H,61,62,63)(H,64,65,66). The van der Waals surface area contributed by atoms with Gasteiger partial charge >= 0.3 is 0 Å². The molecule has 0 aromatic heterocycles. The summed E-state index contributed by atoms with van der Waals surface area (Å²) in [4.78, 5) is -5.31. The van der Waals surface area contributed by atoms with Crippen LogP contribution in [0.25, 0.3) is 0 Å². The summed E-state index contributed by atoms with van der Waals surface area (Å²) in [5.74, 6) is -9.33. The van der Waals surface area contributed by atoms with Crippen LogP contribution in [0.2, 0.25) is 0 Å². The Kier molecular flexibility index (Phi) is 15.3. The Morgan fingerprint density at radius 3 is 0.458 bits per heavy atom. The summed E-state index contributed by atoms with van der Waals surface area (Å²) in [6, 6.07) is 0. The molecular weight excluding hydrogens is 1080 g/mol. The second kappa shape index (κ2) is 19.7. The van der Waals surface area contributed by atoms with Gasteiger partial charge in [-0.2, -0.15) is 50.5 Å². The van der Waals surface area contributed by atoms with E-state index in [1.165, 1.54) is 0 Å². The summed E-state index contributed by atoms with van der Waals surface area (Å²) in [5.41, 5.74) is -2.12. The van der Waals surface area contributed by atoms with Crippen LogP contribution in [0.5, 0.6) is 0 Å². The van der Waals surface area contributed by atoms with Crippen LogP contribution in [0.1, 0.15) is 38.5 Å². The van der Waals surface area contributed by atoms with Crippen molar-refractivity contribution in [2.75, 3.05) is 0 Å². The molecule has 7 rings (SSSR count). The lowest BCUT2D eigenvalue weighted by Gasteiger charge is -2.37. The Labute approximate surface area is 413 Å². The van der Waals surface area contributed by atoms with Gasteiger partial charge in [-0.15, -0.1) is 0 Å². The zero-order valence-corrected chi connectivity index (χ0v) is 41.7.